The second-order valence-electron chi connectivity index (χ2n) is 7.18. The molecule has 4 rings (SSSR count). The summed E-state index contributed by atoms with van der Waals surface area (Å²) in [5.74, 6) is 0.382. The largest absolute Gasteiger partial charge is 0.508 e. The first kappa shape index (κ1) is 18.3. The number of para-hydroxylation sites is 1. The Morgan fingerprint density at radius 3 is 2.39 bits per heavy atom. The number of hydrogen-bond acceptors (Lipinski definition) is 3. The number of aromatic hydroxyl groups is 1. The number of fused-ring (bicyclic) bond motifs is 1. The van der Waals surface area contributed by atoms with Gasteiger partial charge in [0.1, 0.15) is 5.75 Å². The summed E-state index contributed by atoms with van der Waals surface area (Å²) in [4.78, 5) is 17.2. The Hall–Kier alpha value is -3.11. The van der Waals surface area contributed by atoms with Gasteiger partial charge in [-0.3, -0.25) is 9.69 Å². The Morgan fingerprint density at radius 1 is 0.929 bits per heavy atom. The molecular formula is C24H24N2O2. The van der Waals surface area contributed by atoms with E-state index in [4.69, 9.17) is 0 Å². The first-order valence-corrected chi connectivity index (χ1v) is 9.62. The number of amides is 1. The summed E-state index contributed by atoms with van der Waals surface area (Å²) in [6.45, 7) is 2.28. The molecule has 1 amide bonds. The van der Waals surface area contributed by atoms with E-state index in [-0.39, 0.29) is 5.91 Å². The van der Waals surface area contributed by atoms with Crippen LogP contribution in [0.2, 0.25) is 0 Å². The zero-order chi connectivity index (χ0) is 19.3. The molecule has 0 bridgehead atoms. The minimum absolute atomic E-state index is 0.0638. The molecule has 3 aromatic carbocycles. The van der Waals surface area contributed by atoms with Gasteiger partial charge in [-0.15, -0.1) is 0 Å². The van der Waals surface area contributed by atoms with Gasteiger partial charge in [0.2, 0.25) is 5.91 Å². The second-order valence-corrected chi connectivity index (χ2v) is 7.18. The molecule has 0 saturated heterocycles. The predicted octanol–water partition coefficient (Wildman–Crippen LogP) is 3.98. The summed E-state index contributed by atoms with van der Waals surface area (Å²) in [6, 6.07) is 25.5. The van der Waals surface area contributed by atoms with Crippen LogP contribution in [0.25, 0.3) is 0 Å². The number of phenolic OH excluding ortho intramolecular Hbond substituents is 1. The molecule has 1 N–H and O–H groups in total. The van der Waals surface area contributed by atoms with Gasteiger partial charge < -0.3 is 10.0 Å². The normalized spacial score (nSPS) is 13.7. The van der Waals surface area contributed by atoms with Crippen molar-refractivity contribution in [3.8, 4) is 5.75 Å². The van der Waals surface area contributed by atoms with Crippen molar-refractivity contribution in [3.05, 3.63) is 95.6 Å². The fourth-order valence-electron chi connectivity index (χ4n) is 3.73. The lowest BCUT2D eigenvalue weighted by atomic mass is 9.99. The Balaban J connectivity index is 1.52. The van der Waals surface area contributed by atoms with Crippen molar-refractivity contribution in [2.45, 2.75) is 19.5 Å². The van der Waals surface area contributed by atoms with E-state index in [1.165, 1.54) is 5.56 Å². The van der Waals surface area contributed by atoms with Crippen LogP contribution in [-0.4, -0.2) is 29.0 Å². The smallest absolute Gasteiger partial charge is 0.241 e. The first-order chi connectivity index (χ1) is 13.7. The van der Waals surface area contributed by atoms with Gasteiger partial charge in [-0.05, 0) is 35.7 Å². The second kappa shape index (κ2) is 8.28. The summed E-state index contributed by atoms with van der Waals surface area (Å²) in [5.41, 5.74) is 4.11. The average molecular weight is 372 g/mol. The van der Waals surface area contributed by atoms with Crippen molar-refractivity contribution >= 4 is 11.6 Å². The molecule has 0 radical (unpaired) electrons. The molecule has 28 heavy (non-hydrogen) atoms. The number of nitrogens with zero attached hydrogens (tertiary/aromatic N) is 2. The van der Waals surface area contributed by atoms with Gasteiger partial charge >= 0.3 is 0 Å². The third-order valence-electron chi connectivity index (χ3n) is 5.24. The van der Waals surface area contributed by atoms with Crippen LogP contribution in [0.1, 0.15) is 16.7 Å². The maximum absolute atomic E-state index is 13.2. The summed E-state index contributed by atoms with van der Waals surface area (Å²) in [6.07, 6.45) is 0.848. The summed E-state index contributed by atoms with van der Waals surface area (Å²) >= 11 is 0. The van der Waals surface area contributed by atoms with Gasteiger partial charge in [0.25, 0.3) is 0 Å². The van der Waals surface area contributed by atoms with E-state index >= 15 is 0 Å². The summed E-state index contributed by atoms with van der Waals surface area (Å²) in [7, 11) is 0. The Labute approximate surface area is 165 Å². The Bertz CT molecular complexity index is 941. The van der Waals surface area contributed by atoms with E-state index in [0.29, 0.717) is 25.4 Å². The highest BCUT2D eigenvalue weighted by atomic mass is 16.3. The predicted molar refractivity (Wildman–Crippen MR) is 111 cm³/mol. The molecule has 0 atom stereocenters. The van der Waals surface area contributed by atoms with Gasteiger partial charge in [0, 0.05) is 24.3 Å². The molecule has 0 unspecified atom stereocenters. The van der Waals surface area contributed by atoms with Crippen molar-refractivity contribution < 1.29 is 9.90 Å². The third-order valence-corrected chi connectivity index (χ3v) is 5.24. The Kier molecular flexibility index (Phi) is 5.40. The zero-order valence-electron chi connectivity index (χ0n) is 15.8. The topological polar surface area (TPSA) is 43.8 Å². The van der Waals surface area contributed by atoms with E-state index in [2.05, 4.69) is 11.0 Å². The highest BCUT2D eigenvalue weighted by Gasteiger charge is 2.24. The monoisotopic (exact) mass is 372 g/mol. The molecule has 4 nitrogen and oxygen atoms in total. The van der Waals surface area contributed by atoms with Crippen LogP contribution in [0.4, 0.5) is 5.69 Å². The van der Waals surface area contributed by atoms with Gasteiger partial charge in [0.05, 0.1) is 13.1 Å². The molecule has 0 aliphatic carbocycles. The van der Waals surface area contributed by atoms with Gasteiger partial charge in [-0.1, -0.05) is 60.7 Å². The van der Waals surface area contributed by atoms with Crippen molar-refractivity contribution in [1.29, 1.82) is 0 Å². The van der Waals surface area contributed by atoms with Gasteiger partial charge in [0.15, 0.2) is 0 Å². The Morgan fingerprint density at radius 2 is 1.64 bits per heavy atom. The van der Waals surface area contributed by atoms with Crippen LogP contribution in [0.15, 0.2) is 78.9 Å². The summed E-state index contributed by atoms with van der Waals surface area (Å²) in [5, 5.41) is 10.2. The quantitative estimate of drug-likeness (QED) is 0.737. The highest BCUT2D eigenvalue weighted by Crippen LogP contribution is 2.27. The molecule has 3 aromatic rings. The number of phenols is 1. The molecule has 1 heterocycles. The number of rotatable bonds is 5. The molecule has 142 valence electrons. The van der Waals surface area contributed by atoms with Crippen LogP contribution in [-0.2, 0) is 24.3 Å². The lowest BCUT2D eigenvalue weighted by Crippen LogP contribution is -2.42. The van der Waals surface area contributed by atoms with Crippen LogP contribution in [0.5, 0.6) is 5.75 Å². The molecule has 0 aromatic heterocycles. The van der Waals surface area contributed by atoms with E-state index in [1.807, 2.05) is 71.6 Å². The molecule has 0 spiro atoms. The van der Waals surface area contributed by atoms with Crippen molar-refractivity contribution in [1.82, 2.24) is 4.90 Å². The number of carbonyl (C=O) groups is 1. The SMILES string of the molecule is O=C(CN1CCc2cccc(O)c2C1)N(Cc1ccccc1)c1ccccc1. The van der Waals surface area contributed by atoms with E-state index in [1.54, 1.807) is 6.07 Å². The molecule has 1 aliphatic heterocycles. The van der Waals surface area contributed by atoms with Crippen LogP contribution >= 0.6 is 0 Å². The van der Waals surface area contributed by atoms with Crippen molar-refractivity contribution in [2.75, 3.05) is 18.0 Å². The van der Waals surface area contributed by atoms with Gasteiger partial charge in [-0.2, -0.15) is 0 Å². The van der Waals surface area contributed by atoms with E-state index in [0.717, 1.165) is 29.8 Å². The van der Waals surface area contributed by atoms with Crippen molar-refractivity contribution in [2.24, 2.45) is 0 Å². The third kappa shape index (κ3) is 4.07. The molecule has 0 saturated carbocycles. The fraction of sp³-hybridized carbons (Fsp3) is 0.208. The highest BCUT2D eigenvalue weighted by molar-refractivity contribution is 5.94. The van der Waals surface area contributed by atoms with Crippen LogP contribution in [0, 0.1) is 0 Å². The summed E-state index contributed by atoms with van der Waals surface area (Å²) < 4.78 is 0. The fourth-order valence-corrected chi connectivity index (χ4v) is 3.73. The molecule has 1 aliphatic rings. The maximum atomic E-state index is 13.2. The molecule has 4 heteroatoms. The maximum Gasteiger partial charge on any atom is 0.241 e. The lowest BCUT2D eigenvalue weighted by molar-refractivity contribution is -0.120. The van der Waals surface area contributed by atoms with Gasteiger partial charge in [-0.25, -0.2) is 0 Å². The zero-order valence-corrected chi connectivity index (χ0v) is 15.8. The number of benzene rings is 3. The van der Waals surface area contributed by atoms with Crippen molar-refractivity contribution in [3.63, 3.8) is 0 Å². The number of carbonyl (C=O) groups excluding carboxylic acids is 1. The van der Waals surface area contributed by atoms with E-state index in [9.17, 15) is 9.90 Å². The minimum Gasteiger partial charge on any atom is -0.508 e. The van der Waals surface area contributed by atoms with Crippen LogP contribution < -0.4 is 4.90 Å². The van der Waals surface area contributed by atoms with Crippen LogP contribution in [0.3, 0.4) is 0 Å². The standard InChI is InChI=1S/C24H24N2O2/c27-23-13-7-10-20-14-15-25(17-22(20)23)18-24(28)26(21-11-5-2-6-12-21)16-19-8-3-1-4-9-19/h1-13,27H,14-18H2. The molecule has 0 fully saturated rings. The number of hydrogen-bond donors (Lipinski definition) is 1. The lowest BCUT2D eigenvalue weighted by Gasteiger charge is -2.31. The first-order valence-electron chi connectivity index (χ1n) is 9.62. The number of anilines is 1. The average Bonchev–Trinajstić information content (AvgIpc) is 2.74. The van der Waals surface area contributed by atoms with E-state index < -0.39 is 0 Å². The minimum atomic E-state index is 0.0638. The molecular weight excluding hydrogens is 348 g/mol.